The van der Waals surface area contributed by atoms with E-state index in [1.165, 1.54) is 0 Å². The van der Waals surface area contributed by atoms with Crippen LogP contribution < -0.4 is 4.74 Å². The van der Waals surface area contributed by atoms with Crippen LogP contribution >= 0.6 is 0 Å². The number of benzene rings is 2. The number of hydrogen-bond donors (Lipinski definition) is 0. The SMILES string of the molecule is C[CH](C)[Al][CH](C)C.Cc1ccccc1Oc1ccccc1C. The monoisotopic (exact) mass is 311 g/mol. The molecule has 0 amide bonds. The third kappa shape index (κ3) is 7.16. The molecule has 0 spiro atoms. The highest BCUT2D eigenvalue weighted by Gasteiger charge is 2.02. The van der Waals surface area contributed by atoms with Gasteiger partial charge in [-0.2, -0.15) is 0 Å². The fraction of sp³-hybridized carbons (Fsp3) is 0.400. The predicted molar refractivity (Wildman–Crippen MR) is 98.4 cm³/mol. The molecule has 0 saturated carbocycles. The van der Waals surface area contributed by atoms with Crippen LogP contribution in [-0.2, 0) is 0 Å². The van der Waals surface area contributed by atoms with Crippen molar-refractivity contribution in [2.24, 2.45) is 0 Å². The van der Waals surface area contributed by atoms with Crippen molar-refractivity contribution in [2.45, 2.75) is 51.1 Å². The Hall–Kier alpha value is -1.23. The zero-order valence-corrected chi connectivity index (χ0v) is 15.9. The minimum Gasteiger partial charge on any atom is -0.457 e. The zero-order valence-electron chi connectivity index (χ0n) is 14.8. The van der Waals surface area contributed by atoms with Gasteiger partial charge in [0.05, 0.1) is 0 Å². The molecule has 2 heteroatoms. The highest BCUT2D eigenvalue weighted by atomic mass is 27.1. The minimum atomic E-state index is 0.713. The molecule has 117 valence electrons. The summed E-state index contributed by atoms with van der Waals surface area (Å²) in [7, 11) is 0. The average Bonchev–Trinajstić information content (AvgIpc) is 2.43. The van der Waals surface area contributed by atoms with E-state index in [9.17, 15) is 0 Å². The molecule has 0 aliphatic carbocycles. The molecule has 0 bridgehead atoms. The topological polar surface area (TPSA) is 9.23 Å². The van der Waals surface area contributed by atoms with Gasteiger partial charge in [-0.1, -0.05) is 73.7 Å². The first-order valence-electron chi connectivity index (χ1n) is 8.04. The molecule has 0 N–H and O–H groups in total. The van der Waals surface area contributed by atoms with Crippen LogP contribution in [0.2, 0.25) is 9.56 Å². The molecular weight excluding hydrogens is 283 g/mol. The second-order valence-electron chi connectivity index (χ2n) is 6.31. The molecule has 0 aliphatic heterocycles. The second-order valence-corrected chi connectivity index (χ2v) is 9.37. The lowest BCUT2D eigenvalue weighted by Crippen LogP contribution is -1.98. The second kappa shape index (κ2) is 9.72. The standard InChI is InChI=1S/C14H14O.2C3H7.Al/c1-11-7-3-5-9-13(11)15-14-10-6-4-8-12(14)2;2*1-3-2;/h3-10H,1-2H3;2*3H,1-2H3;. The highest BCUT2D eigenvalue weighted by molar-refractivity contribution is 6.38. The molecule has 0 saturated heterocycles. The summed E-state index contributed by atoms with van der Waals surface area (Å²) < 4.78 is 7.76. The van der Waals surface area contributed by atoms with Crippen LogP contribution in [0.4, 0.5) is 0 Å². The number of para-hydroxylation sites is 2. The average molecular weight is 311 g/mol. The molecule has 0 heterocycles. The first-order valence-corrected chi connectivity index (χ1v) is 9.37. The van der Waals surface area contributed by atoms with Crippen molar-refractivity contribution < 1.29 is 4.74 Å². The van der Waals surface area contributed by atoms with Crippen LogP contribution in [0.3, 0.4) is 0 Å². The Balaban J connectivity index is 0.000000295. The molecule has 0 aromatic heterocycles. The van der Waals surface area contributed by atoms with E-state index in [-0.39, 0.29) is 0 Å². The van der Waals surface area contributed by atoms with E-state index in [0.717, 1.165) is 32.2 Å². The Morgan fingerprint density at radius 1 is 0.682 bits per heavy atom. The summed E-state index contributed by atoms with van der Waals surface area (Å²) in [5.74, 6) is 1.85. The van der Waals surface area contributed by atoms with Gasteiger partial charge in [-0.3, -0.25) is 0 Å². The van der Waals surface area contributed by atoms with E-state index in [1.807, 2.05) is 62.4 Å². The predicted octanol–water partition coefficient (Wildman–Crippen LogP) is 6.44. The number of ether oxygens (including phenoxy) is 1. The first-order chi connectivity index (χ1) is 10.4. The summed E-state index contributed by atoms with van der Waals surface area (Å²) in [6.07, 6.45) is 0. The first kappa shape index (κ1) is 18.8. The third-order valence-electron chi connectivity index (χ3n) is 3.18. The smallest absolute Gasteiger partial charge is 0.208 e. The summed E-state index contributed by atoms with van der Waals surface area (Å²) in [6, 6.07) is 16.1. The van der Waals surface area contributed by atoms with Crippen LogP contribution in [0.5, 0.6) is 11.5 Å². The molecule has 2 rings (SSSR count). The van der Waals surface area contributed by atoms with E-state index >= 15 is 0 Å². The lowest BCUT2D eigenvalue weighted by molar-refractivity contribution is 0.475. The van der Waals surface area contributed by atoms with Gasteiger partial charge in [0.2, 0.25) is 15.2 Å². The Bertz CT molecular complexity index is 512. The molecule has 2 aromatic rings. The Morgan fingerprint density at radius 2 is 1.05 bits per heavy atom. The van der Waals surface area contributed by atoms with Crippen LogP contribution in [0.1, 0.15) is 38.8 Å². The van der Waals surface area contributed by atoms with Crippen LogP contribution in [-0.4, -0.2) is 15.2 Å². The van der Waals surface area contributed by atoms with Gasteiger partial charge < -0.3 is 4.74 Å². The van der Waals surface area contributed by atoms with Crippen molar-refractivity contribution in [2.75, 3.05) is 0 Å². The van der Waals surface area contributed by atoms with Gasteiger partial charge in [-0.05, 0) is 37.1 Å². The highest BCUT2D eigenvalue weighted by Crippen LogP contribution is 2.26. The fourth-order valence-corrected chi connectivity index (χ4v) is 3.77. The molecule has 1 nitrogen and oxygen atoms in total. The van der Waals surface area contributed by atoms with Gasteiger partial charge in [0.25, 0.3) is 0 Å². The molecule has 0 aliphatic rings. The van der Waals surface area contributed by atoms with E-state index in [4.69, 9.17) is 4.74 Å². The van der Waals surface area contributed by atoms with Crippen molar-refractivity contribution in [3.05, 3.63) is 59.7 Å². The molecule has 0 unspecified atom stereocenters. The van der Waals surface area contributed by atoms with Crippen molar-refractivity contribution in [1.82, 2.24) is 0 Å². The number of aryl methyl sites for hydroxylation is 2. The summed E-state index contributed by atoms with van der Waals surface area (Å²) in [6.45, 7) is 13.3. The third-order valence-corrected chi connectivity index (χ3v) is 4.72. The van der Waals surface area contributed by atoms with E-state index in [1.54, 1.807) is 0 Å². The molecule has 1 radical (unpaired) electrons. The maximum absolute atomic E-state index is 5.84. The summed E-state index contributed by atoms with van der Waals surface area (Å²) in [4.78, 5) is 0. The normalized spacial score (nSPS) is 10.2. The van der Waals surface area contributed by atoms with Gasteiger partial charge in [0.1, 0.15) is 11.5 Å². The van der Waals surface area contributed by atoms with Crippen molar-refractivity contribution in [3.63, 3.8) is 0 Å². The summed E-state index contributed by atoms with van der Waals surface area (Å²) in [5, 5.41) is 0. The molecule has 2 aromatic carbocycles. The maximum Gasteiger partial charge on any atom is 0.208 e. The molecule has 22 heavy (non-hydrogen) atoms. The summed E-state index contributed by atoms with van der Waals surface area (Å²) in [5.41, 5.74) is 2.31. The van der Waals surface area contributed by atoms with Crippen molar-refractivity contribution in [3.8, 4) is 11.5 Å². The minimum absolute atomic E-state index is 0.713. The molecule has 0 atom stereocenters. The van der Waals surface area contributed by atoms with Gasteiger partial charge >= 0.3 is 0 Å². The quantitative estimate of drug-likeness (QED) is 0.590. The Morgan fingerprint density at radius 3 is 1.32 bits per heavy atom. The van der Waals surface area contributed by atoms with Crippen LogP contribution in [0.15, 0.2) is 48.5 Å². The van der Waals surface area contributed by atoms with Gasteiger partial charge in [-0.25, -0.2) is 0 Å². The lowest BCUT2D eigenvalue weighted by Gasteiger charge is -2.10. The van der Waals surface area contributed by atoms with E-state index in [2.05, 4.69) is 27.7 Å². The van der Waals surface area contributed by atoms with Crippen LogP contribution in [0, 0.1) is 13.8 Å². The van der Waals surface area contributed by atoms with Crippen molar-refractivity contribution >= 4 is 15.2 Å². The lowest BCUT2D eigenvalue weighted by atomic mass is 10.2. The summed E-state index contributed by atoms with van der Waals surface area (Å²) >= 11 is 0.713. The Kier molecular flexibility index (Phi) is 8.32. The molecular formula is C20H28AlO. The van der Waals surface area contributed by atoms with Gasteiger partial charge in [-0.15, -0.1) is 0 Å². The fourth-order valence-electron chi connectivity index (χ4n) is 2.23. The van der Waals surface area contributed by atoms with E-state index < -0.39 is 0 Å². The Labute approximate surface area is 142 Å². The van der Waals surface area contributed by atoms with Crippen LogP contribution in [0.25, 0.3) is 0 Å². The number of rotatable bonds is 4. The largest absolute Gasteiger partial charge is 0.457 e. The van der Waals surface area contributed by atoms with E-state index in [0.29, 0.717) is 15.2 Å². The molecule has 0 fully saturated rings. The van der Waals surface area contributed by atoms with Gasteiger partial charge in [0.15, 0.2) is 0 Å². The zero-order chi connectivity index (χ0) is 16.5. The van der Waals surface area contributed by atoms with Crippen molar-refractivity contribution in [1.29, 1.82) is 0 Å². The van der Waals surface area contributed by atoms with Gasteiger partial charge in [0, 0.05) is 0 Å². The maximum atomic E-state index is 5.84. The number of hydrogen-bond acceptors (Lipinski definition) is 1.